The van der Waals surface area contributed by atoms with Gasteiger partial charge in [-0.05, 0) is 36.3 Å². The highest BCUT2D eigenvalue weighted by molar-refractivity contribution is 7.89. The number of non-ortho nitro benzene ring substituents is 1. The fourth-order valence-electron chi connectivity index (χ4n) is 5.46. The first-order chi connectivity index (χ1) is 20.9. The fraction of sp³-hybridized carbons (Fsp3) is 0.533. The van der Waals surface area contributed by atoms with E-state index in [1.807, 2.05) is 30.3 Å². The lowest BCUT2D eigenvalue weighted by Crippen LogP contribution is -2.52. The number of nitrogens with zero attached hydrogens (tertiary/aromatic N) is 3. The first-order valence-electron chi connectivity index (χ1n) is 14.4. The van der Waals surface area contributed by atoms with Crippen molar-refractivity contribution in [2.75, 3.05) is 26.3 Å². The van der Waals surface area contributed by atoms with E-state index in [2.05, 4.69) is 11.4 Å². The number of alkyl carbamates (subject to hydrolysis) is 1. The van der Waals surface area contributed by atoms with Crippen molar-refractivity contribution >= 4 is 21.8 Å². The van der Waals surface area contributed by atoms with Gasteiger partial charge in [0.2, 0.25) is 10.0 Å². The van der Waals surface area contributed by atoms with E-state index in [0.29, 0.717) is 19.4 Å². The number of carbonyl (C=O) groups is 1. The second kappa shape index (κ2) is 14.4. The molecule has 2 aliphatic heterocycles. The Balaban J connectivity index is 1.59. The molecule has 4 rings (SSSR count). The Kier molecular flexibility index (Phi) is 10.9. The Labute approximate surface area is 256 Å². The van der Waals surface area contributed by atoms with Gasteiger partial charge < -0.3 is 24.6 Å². The summed E-state index contributed by atoms with van der Waals surface area (Å²) < 4.78 is 45.6. The van der Waals surface area contributed by atoms with E-state index in [1.165, 1.54) is 18.2 Å². The highest BCUT2D eigenvalue weighted by atomic mass is 32.2. The fourth-order valence-corrected chi connectivity index (χ4v) is 7.15. The van der Waals surface area contributed by atoms with E-state index in [1.54, 1.807) is 13.8 Å². The molecule has 2 heterocycles. The standard InChI is InChI=1S/C30H38N4O9S/c1-30(2,13-7-14-31)20-33(44(39,40)23-11-6-10-22(17-23)34(37)38)18-26(35)25(16-21-8-4-3-5-9-21)32-29(36)43-27-19-42-28-24(27)12-15-41-28/h3-6,8-11,17,24-28,35H,7,12-13,15-16,18-20H2,1-2H3,(H,32,36)/t24-,25-,26-,27-,28+/m0/s1. The van der Waals surface area contributed by atoms with Crippen LogP contribution < -0.4 is 5.32 Å². The molecular weight excluding hydrogens is 592 g/mol. The van der Waals surface area contributed by atoms with E-state index >= 15 is 0 Å². The van der Waals surface area contributed by atoms with Crippen LogP contribution in [-0.4, -0.2) is 79.7 Å². The summed E-state index contributed by atoms with van der Waals surface area (Å²) in [5, 5.41) is 34.8. The molecule has 2 N–H and O–H groups in total. The number of hydrogen-bond acceptors (Lipinski definition) is 10. The third-order valence-corrected chi connectivity index (χ3v) is 9.69. The number of hydrogen-bond donors (Lipinski definition) is 2. The lowest BCUT2D eigenvalue weighted by molar-refractivity contribution is -0.385. The topological polar surface area (TPSA) is 181 Å². The minimum Gasteiger partial charge on any atom is -0.443 e. The number of sulfonamides is 1. The smallest absolute Gasteiger partial charge is 0.407 e. The molecule has 13 nitrogen and oxygen atoms in total. The molecule has 14 heteroatoms. The van der Waals surface area contributed by atoms with Gasteiger partial charge in [-0.25, -0.2) is 13.2 Å². The van der Waals surface area contributed by atoms with Crippen LogP contribution in [0.4, 0.5) is 10.5 Å². The molecule has 0 aromatic heterocycles. The van der Waals surface area contributed by atoms with Crippen LogP contribution in [0.3, 0.4) is 0 Å². The summed E-state index contributed by atoms with van der Waals surface area (Å²) in [6.07, 6.45) is -1.74. The normalized spacial score (nSPS) is 21.3. The molecule has 2 aromatic carbocycles. The Morgan fingerprint density at radius 2 is 2.00 bits per heavy atom. The number of nitrogens with one attached hydrogen (secondary N) is 1. The summed E-state index contributed by atoms with van der Waals surface area (Å²) >= 11 is 0. The van der Waals surface area contributed by atoms with Crippen LogP contribution in [0.1, 0.15) is 38.7 Å². The number of rotatable bonds is 14. The highest BCUT2D eigenvalue weighted by Gasteiger charge is 2.44. The largest absolute Gasteiger partial charge is 0.443 e. The van der Waals surface area contributed by atoms with Crippen molar-refractivity contribution in [3.63, 3.8) is 0 Å². The van der Waals surface area contributed by atoms with Crippen LogP contribution in [0, 0.1) is 32.8 Å². The zero-order valence-corrected chi connectivity index (χ0v) is 25.5. The number of carbonyl (C=O) groups excluding carboxylic acids is 1. The van der Waals surface area contributed by atoms with Gasteiger partial charge in [0, 0.05) is 31.6 Å². The Morgan fingerprint density at radius 1 is 1.25 bits per heavy atom. The number of nitro groups is 1. The predicted molar refractivity (Wildman–Crippen MR) is 158 cm³/mol. The van der Waals surface area contributed by atoms with Gasteiger partial charge in [-0.1, -0.05) is 50.2 Å². The lowest BCUT2D eigenvalue weighted by Gasteiger charge is -2.34. The maximum atomic E-state index is 13.9. The number of fused-ring (bicyclic) bond motifs is 1. The zero-order chi connectivity index (χ0) is 31.9. The molecule has 2 aromatic rings. The van der Waals surface area contributed by atoms with Gasteiger partial charge in [-0.3, -0.25) is 10.1 Å². The van der Waals surface area contributed by atoms with Crippen molar-refractivity contribution in [3.05, 3.63) is 70.3 Å². The van der Waals surface area contributed by atoms with Crippen LogP contribution in [0.5, 0.6) is 0 Å². The van der Waals surface area contributed by atoms with Crippen LogP contribution >= 0.6 is 0 Å². The number of nitro benzene ring substituents is 1. The molecule has 5 atom stereocenters. The van der Waals surface area contributed by atoms with Gasteiger partial charge in [-0.2, -0.15) is 9.57 Å². The second-order valence-corrected chi connectivity index (χ2v) is 13.8. The molecule has 0 saturated carbocycles. The highest BCUT2D eigenvalue weighted by Crippen LogP contribution is 2.33. The lowest BCUT2D eigenvalue weighted by atomic mass is 9.88. The van der Waals surface area contributed by atoms with Crippen molar-refractivity contribution in [3.8, 4) is 6.07 Å². The number of ether oxygens (including phenoxy) is 3. The number of benzene rings is 2. The number of aliphatic hydroxyl groups excluding tert-OH is 1. The van der Waals surface area contributed by atoms with Crippen LogP contribution in [0.25, 0.3) is 0 Å². The summed E-state index contributed by atoms with van der Waals surface area (Å²) in [5.74, 6) is -0.0931. The number of nitriles is 1. The molecular formula is C30H38N4O9S. The average molecular weight is 631 g/mol. The quantitative estimate of drug-likeness (QED) is 0.232. The maximum absolute atomic E-state index is 13.9. The predicted octanol–water partition coefficient (Wildman–Crippen LogP) is 3.38. The average Bonchev–Trinajstić information content (AvgIpc) is 3.61. The third-order valence-electron chi connectivity index (χ3n) is 7.88. The third kappa shape index (κ3) is 8.52. The second-order valence-electron chi connectivity index (χ2n) is 11.9. The van der Waals surface area contributed by atoms with E-state index in [4.69, 9.17) is 19.5 Å². The van der Waals surface area contributed by atoms with E-state index in [-0.39, 0.29) is 36.8 Å². The molecule has 0 radical (unpaired) electrons. The summed E-state index contributed by atoms with van der Waals surface area (Å²) in [7, 11) is -4.36. The zero-order valence-electron chi connectivity index (χ0n) is 24.7. The van der Waals surface area contributed by atoms with Crippen LogP contribution in [0.15, 0.2) is 59.5 Å². The van der Waals surface area contributed by atoms with Crippen molar-refractivity contribution in [2.45, 2.75) is 69.0 Å². The first-order valence-corrected chi connectivity index (χ1v) is 15.9. The molecule has 1 amide bonds. The minimum absolute atomic E-state index is 0.0931. The Morgan fingerprint density at radius 3 is 2.70 bits per heavy atom. The van der Waals surface area contributed by atoms with Crippen molar-refractivity contribution in [2.24, 2.45) is 11.3 Å². The van der Waals surface area contributed by atoms with Gasteiger partial charge in [0.15, 0.2) is 6.29 Å². The minimum atomic E-state index is -4.36. The number of amides is 1. The monoisotopic (exact) mass is 630 g/mol. The molecule has 0 spiro atoms. The summed E-state index contributed by atoms with van der Waals surface area (Å²) in [4.78, 5) is 23.5. The van der Waals surface area contributed by atoms with E-state index in [9.17, 15) is 28.4 Å². The van der Waals surface area contributed by atoms with Gasteiger partial charge in [-0.15, -0.1) is 0 Å². The van der Waals surface area contributed by atoms with Crippen LogP contribution in [0.2, 0.25) is 0 Å². The maximum Gasteiger partial charge on any atom is 0.407 e. The molecule has 0 bridgehead atoms. The summed E-state index contributed by atoms with van der Waals surface area (Å²) in [6, 6.07) is 14.9. The first kappa shape index (κ1) is 33.3. The molecule has 2 aliphatic rings. The molecule has 44 heavy (non-hydrogen) atoms. The molecule has 2 fully saturated rings. The summed E-state index contributed by atoms with van der Waals surface area (Å²) in [5.41, 5.74) is -0.299. The molecule has 0 aliphatic carbocycles. The van der Waals surface area contributed by atoms with Crippen molar-refractivity contribution < 1.29 is 37.5 Å². The molecule has 238 valence electrons. The van der Waals surface area contributed by atoms with Gasteiger partial charge in [0.05, 0.1) is 47.2 Å². The Bertz CT molecular complexity index is 1450. The molecule has 2 saturated heterocycles. The summed E-state index contributed by atoms with van der Waals surface area (Å²) in [6.45, 7) is 3.75. The van der Waals surface area contributed by atoms with Crippen LogP contribution in [-0.2, 0) is 30.7 Å². The van der Waals surface area contributed by atoms with Gasteiger partial charge >= 0.3 is 6.09 Å². The Hall–Kier alpha value is -3.61. The number of aliphatic hydroxyl groups is 1. The van der Waals surface area contributed by atoms with Crippen molar-refractivity contribution in [1.82, 2.24) is 9.62 Å². The van der Waals surface area contributed by atoms with Gasteiger partial charge in [0.1, 0.15) is 6.10 Å². The van der Waals surface area contributed by atoms with E-state index < -0.39 is 63.2 Å². The van der Waals surface area contributed by atoms with E-state index in [0.717, 1.165) is 15.9 Å². The SMILES string of the molecule is CC(C)(CCC#N)CN(C[C@H](O)[C@H](Cc1ccccc1)NC(=O)O[C@H]1CO[C@H]2OCC[C@H]21)S(=O)(=O)c1cccc([N+](=O)[O-])c1. The van der Waals surface area contributed by atoms with Crippen molar-refractivity contribution in [1.29, 1.82) is 5.26 Å². The molecule has 0 unspecified atom stereocenters. The van der Waals surface area contributed by atoms with Gasteiger partial charge in [0.25, 0.3) is 5.69 Å².